The Morgan fingerprint density at radius 2 is 2.00 bits per heavy atom. The van der Waals surface area contributed by atoms with Gasteiger partial charge in [0.1, 0.15) is 5.82 Å². The van der Waals surface area contributed by atoms with E-state index in [-0.39, 0.29) is 24.2 Å². The first kappa shape index (κ1) is 21.0. The molecule has 1 amide bonds. The molecule has 0 spiro atoms. The molecule has 5 rings (SSSR count). The first-order valence-electron chi connectivity index (χ1n) is 10.5. The summed E-state index contributed by atoms with van der Waals surface area (Å²) >= 11 is 1.55. The number of hydrogen-bond donors (Lipinski definition) is 1. The number of nitrogens with zero attached hydrogens (tertiary/aromatic N) is 4. The summed E-state index contributed by atoms with van der Waals surface area (Å²) in [6, 6.07) is 15.5. The molecule has 9 heteroatoms. The number of fused-ring (bicyclic) bond motifs is 1. The standard InChI is InChI=1S/C24H20FN5O2S/c25-18-7-5-16(6-8-18)20(13-30-15-26-19-3-1-2-4-21(19)30)27-22(31)9-10-23-28-24(29-32-23)17-11-12-33-14-17/h1-8,11-12,14-15,20H,9-10,13H2,(H,27,31). The lowest BCUT2D eigenvalue weighted by atomic mass is 10.1. The molecule has 2 aromatic carbocycles. The number of halogens is 1. The average molecular weight is 462 g/mol. The van der Waals surface area contributed by atoms with Gasteiger partial charge in [0, 0.05) is 30.3 Å². The van der Waals surface area contributed by atoms with Crippen molar-refractivity contribution in [1.82, 2.24) is 25.0 Å². The number of carbonyl (C=O) groups is 1. The number of amides is 1. The van der Waals surface area contributed by atoms with Crippen LogP contribution in [0.15, 0.2) is 76.2 Å². The highest BCUT2D eigenvalue weighted by atomic mass is 32.1. The topological polar surface area (TPSA) is 85.8 Å². The first-order valence-corrected chi connectivity index (χ1v) is 11.4. The van der Waals surface area contributed by atoms with E-state index < -0.39 is 0 Å². The zero-order chi connectivity index (χ0) is 22.6. The van der Waals surface area contributed by atoms with Gasteiger partial charge in [-0.1, -0.05) is 29.4 Å². The summed E-state index contributed by atoms with van der Waals surface area (Å²) in [4.78, 5) is 21.6. The third-order valence-electron chi connectivity index (χ3n) is 5.33. The van der Waals surface area contributed by atoms with Gasteiger partial charge < -0.3 is 14.4 Å². The predicted molar refractivity (Wildman–Crippen MR) is 123 cm³/mol. The summed E-state index contributed by atoms with van der Waals surface area (Å²) in [5.41, 5.74) is 3.54. The van der Waals surface area contributed by atoms with Crippen molar-refractivity contribution in [3.05, 3.63) is 89.0 Å². The Bertz CT molecular complexity index is 1360. The number of imidazole rings is 1. The fourth-order valence-electron chi connectivity index (χ4n) is 3.63. The summed E-state index contributed by atoms with van der Waals surface area (Å²) in [6.07, 6.45) is 2.26. The molecule has 1 unspecified atom stereocenters. The van der Waals surface area contributed by atoms with Crippen molar-refractivity contribution < 1.29 is 13.7 Å². The molecule has 0 aliphatic carbocycles. The first-order chi connectivity index (χ1) is 16.2. The Morgan fingerprint density at radius 3 is 2.82 bits per heavy atom. The van der Waals surface area contributed by atoms with E-state index in [0.717, 1.165) is 22.2 Å². The molecule has 0 saturated heterocycles. The second-order valence-electron chi connectivity index (χ2n) is 7.58. The minimum Gasteiger partial charge on any atom is -0.347 e. The van der Waals surface area contributed by atoms with Crippen LogP contribution in [-0.4, -0.2) is 25.6 Å². The molecule has 0 fully saturated rings. The van der Waals surface area contributed by atoms with Crippen LogP contribution in [0.3, 0.4) is 0 Å². The molecule has 5 aromatic rings. The number of carbonyl (C=O) groups excluding carboxylic acids is 1. The molecule has 0 aliphatic rings. The van der Waals surface area contributed by atoms with Gasteiger partial charge in [0.25, 0.3) is 0 Å². The normalized spacial score (nSPS) is 12.2. The lowest BCUT2D eigenvalue weighted by molar-refractivity contribution is -0.122. The van der Waals surface area contributed by atoms with Crippen molar-refractivity contribution in [2.24, 2.45) is 0 Å². The third kappa shape index (κ3) is 4.83. The molecular formula is C24H20FN5O2S. The highest BCUT2D eigenvalue weighted by molar-refractivity contribution is 7.08. The highest BCUT2D eigenvalue weighted by Crippen LogP contribution is 2.21. The zero-order valence-corrected chi connectivity index (χ0v) is 18.3. The Hall–Kier alpha value is -3.85. The van der Waals surface area contributed by atoms with Crippen LogP contribution in [-0.2, 0) is 17.8 Å². The van der Waals surface area contributed by atoms with Crippen LogP contribution in [0.4, 0.5) is 4.39 Å². The number of para-hydroxylation sites is 2. The third-order valence-corrected chi connectivity index (χ3v) is 6.01. The number of rotatable bonds is 8. The molecule has 0 bridgehead atoms. The van der Waals surface area contributed by atoms with E-state index in [2.05, 4.69) is 20.4 Å². The van der Waals surface area contributed by atoms with Gasteiger partial charge in [0.05, 0.1) is 23.4 Å². The molecule has 33 heavy (non-hydrogen) atoms. The van der Waals surface area contributed by atoms with Crippen LogP contribution in [0.25, 0.3) is 22.4 Å². The number of aromatic nitrogens is 4. The molecule has 0 saturated carbocycles. The smallest absolute Gasteiger partial charge is 0.227 e. The summed E-state index contributed by atoms with van der Waals surface area (Å²) in [5, 5.41) is 10.9. The van der Waals surface area contributed by atoms with E-state index in [1.165, 1.54) is 12.1 Å². The van der Waals surface area contributed by atoms with Crippen molar-refractivity contribution in [3.8, 4) is 11.4 Å². The lowest BCUT2D eigenvalue weighted by Crippen LogP contribution is -2.31. The molecule has 0 radical (unpaired) electrons. The zero-order valence-electron chi connectivity index (χ0n) is 17.5. The van der Waals surface area contributed by atoms with E-state index in [9.17, 15) is 9.18 Å². The number of benzene rings is 2. The average Bonchev–Trinajstić information content (AvgIpc) is 3.59. The largest absolute Gasteiger partial charge is 0.347 e. The monoisotopic (exact) mass is 461 g/mol. The van der Waals surface area contributed by atoms with E-state index >= 15 is 0 Å². The molecule has 7 nitrogen and oxygen atoms in total. The van der Waals surface area contributed by atoms with Crippen molar-refractivity contribution in [2.45, 2.75) is 25.4 Å². The van der Waals surface area contributed by atoms with Crippen LogP contribution in [0.5, 0.6) is 0 Å². The van der Waals surface area contributed by atoms with Crippen molar-refractivity contribution in [2.75, 3.05) is 0 Å². The summed E-state index contributed by atoms with van der Waals surface area (Å²) < 4.78 is 20.8. The molecule has 3 aromatic heterocycles. The van der Waals surface area contributed by atoms with Gasteiger partial charge in [-0.05, 0) is 41.3 Å². The maximum Gasteiger partial charge on any atom is 0.227 e. The van der Waals surface area contributed by atoms with Gasteiger partial charge >= 0.3 is 0 Å². The number of thiophene rings is 1. The fraction of sp³-hybridized carbons (Fsp3) is 0.167. The van der Waals surface area contributed by atoms with Crippen LogP contribution < -0.4 is 5.32 Å². The number of hydrogen-bond acceptors (Lipinski definition) is 6. The maximum absolute atomic E-state index is 13.5. The van der Waals surface area contributed by atoms with E-state index in [4.69, 9.17) is 4.52 Å². The van der Waals surface area contributed by atoms with Crippen LogP contribution in [0.1, 0.15) is 23.9 Å². The SMILES string of the molecule is O=C(CCc1nc(-c2ccsc2)no1)NC(Cn1cnc2ccccc21)c1ccc(F)cc1. The molecule has 1 N–H and O–H groups in total. The molecule has 166 valence electrons. The van der Waals surface area contributed by atoms with E-state index in [1.54, 1.807) is 29.8 Å². The molecule has 0 aliphatic heterocycles. The highest BCUT2D eigenvalue weighted by Gasteiger charge is 2.18. The van der Waals surface area contributed by atoms with Crippen LogP contribution in [0.2, 0.25) is 0 Å². The lowest BCUT2D eigenvalue weighted by Gasteiger charge is -2.20. The van der Waals surface area contributed by atoms with Crippen LogP contribution >= 0.6 is 11.3 Å². The molecule has 3 heterocycles. The van der Waals surface area contributed by atoms with Crippen LogP contribution in [0, 0.1) is 5.82 Å². The van der Waals surface area contributed by atoms with E-state index in [1.807, 2.05) is 45.7 Å². The minimum atomic E-state index is -0.361. The van der Waals surface area contributed by atoms with Gasteiger partial charge in [0.15, 0.2) is 0 Å². The Balaban J connectivity index is 1.29. The number of aryl methyl sites for hydroxylation is 1. The van der Waals surface area contributed by atoms with Crippen molar-refractivity contribution in [3.63, 3.8) is 0 Å². The fourth-order valence-corrected chi connectivity index (χ4v) is 4.27. The summed E-state index contributed by atoms with van der Waals surface area (Å²) in [7, 11) is 0. The predicted octanol–water partition coefficient (Wildman–Crippen LogP) is 4.78. The van der Waals surface area contributed by atoms with Crippen molar-refractivity contribution >= 4 is 28.3 Å². The quantitative estimate of drug-likeness (QED) is 0.360. The second-order valence-corrected chi connectivity index (χ2v) is 8.36. The summed E-state index contributed by atoms with van der Waals surface area (Å²) in [5.74, 6) is 0.437. The Kier molecular flexibility index (Phi) is 5.95. The van der Waals surface area contributed by atoms with Crippen molar-refractivity contribution in [1.29, 1.82) is 0 Å². The second kappa shape index (κ2) is 9.33. The summed E-state index contributed by atoms with van der Waals surface area (Å²) in [6.45, 7) is 0.459. The minimum absolute atomic E-state index is 0.163. The molecule has 1 atom stereocenters. The number of nitrogens with one attached hydrogen (secondary N) is 1. The van der Waals surface area contributed by atoms with Gasteiger partial charge in [-0.15, -0.1) is 0 Å². The Labute approximate surface area is 192 Å². The van der Waals surface area contributed by atoms with Gasteiger partial charge in [-0.2, -0.15) is 16.3 Å². The van der Waals surface area contributed by atoms with Gasteiger partial charge in [0.2, 0.25) is 17.6 Å². The van der Waals surface area contributed by atoms with E-state index in [0.29, 0.717) is 24.7 Å². The Morgan fingerprint density at radius 1 is 1.15 bits per heavy atom. The van der Waals surface area contributed by atoms with Gasteiger partial charge in [-0.3, -0.25) is 4.79 Å². The molecular weight excluding hydrogens is 441 g/mol. The van der Waals surface area contributed by atoms with Gasteiger partial charge in [-0.25, -0.2) is 9.37 Å². The maximum atomic E-state index is 13.5.